The van der Waals surface area contributed by atoms with E-state index in [2.05, 4.69) is 20.8 Å². The van der Waals surface area contributed by atoms with Gasteiger partial charge >= 0.3 is 5.97 Å². The number of ether oxygens (including phenoxy) is 1. The molecule has 1 aromatic carbocycles. The second kappa shape index (κ2) is 5.65. The van der Waals surface area contributed by atoms with Gasteiger partial charge in [-0.2, -0.15) is 0 Å². The van der Waals surface area contributed by atoms with Crippen LogP contribution >= 0.6 is 11.6 Å². The van der Waals surface area contributed by atoms with Gasteiger partial charge in [0.15, 0.2) is 0 Å². The van der Waals surface area contributed by atoms with Crippen LogP contribution in [0.2, 0.25) is 5.02 Å². The first-order chi connectivity index (χ1) is 9.27. The van der Waals surface area contributed by atoms with Crippen molar-refractivity contribution in [3.8, 4) is 0 Å². The molecule has 2 N–H and O–H groups in total. The molecule has 0 aromatic heterocycles. The highest BCUT2D eigenvalue weighted by atomic mass is 35.5. The Morgan fingerprint density at radius 2 is 2.10 bits per heavy atom. The lowest BCUT2D eigenvalue weighted by atomic mass is 9.71. The molecule has 2 rings (SSSR count). The number of hydrogen-bond donors (Lipinski definition) is 1. The molecular formula is C16H22ClNO2. The third kappa shape index (κ3) is 3.66. The van der Waals surface area contributed by atoms with Gasteiger partial charge in [0, 0.05) is 10.7 Å². The van der Waals surface area contributed by atoms with Crippen molar-refractivity contribution >= 4 is 23.3 Å². The first-order valence-electron chi connectivity index (χ1n) is 7.03. The van der Waals surface area contributed by atoms with Crippen molar-refractivity contribution in [2.24, 2.45) is 11.3 Å². The maximum atomic E-state index is 12.2. The molecule has 1 saturated carbocycles. The molecule has 20 heavy (non-hydrogen) atoms. The van der Waals surface area contributed by atoms with Gasteiger partial charge in [-0.15, -0.1) is 0 Å². The van der Waals surface area contributed by atoms with Crippen LogP contribution in [0.15, 0.2) is 18.2 Å². The summed E-state index contributed by atoms with van der Waals surface area (Å²) in [5, 5.41) is 0.489. The van der Waals surface area contributed by atoms with Crippen molar-refractivity contribution in [2.45, 2.75) is 46.1 Å². The van der Waals surface area contributed by atoms with Crippen molar-refractivity contribution in [1.29, 1.82) is 0 Å². The fourth-order valence-electron chi connectivity index (χ4n) is 3.27. The number of hydrogen-bond acceptors (Lipinski definition) is 3. The summed E-state index contributed by atoms with van der Waals surface area (Å²) in [6.07, 6.45) is 2.93. The normalized spacial score (nSPS) is 25.2. The zero-order valence-corrected chi connectivity index (χ0v) is 13.0. The third-order valence-electron chi connectivity index (χ3n) is 3.86. The van der Waals surface area contributed by atoms with Crippen molar-refractivity contribution in [1.82, 2.24) is 0 Å². The third-order valence-corrected chi connectivity index (χ3v) is 4.09. The highest BCUT2D eigenvalue weighted by Gasteiger charge is 2.34. The number of esters is 1. The Bertz CT molecular complexity index is 513. The van der Waals surface area contributed by atoms with Gasteiger partial charge in [-0.1, -0.05) is 32.4 Å². The second-order valence-electron chi connectivity index (χ2n) is 6.67. The molecular weight excluding hydrogens is 274 g/mol. The lowest BCUT2D eigenvalue weighted by Gasteiger charge is -2.38. The Morgan fingerprint density at radius 3 is 2.75 bits per heavy atom. The summed E-state index contributed by atoms with van der Waals surface area (Å²) >= 11 is 5.91. The Balaban J connectivity index is 2.09. The van der Waals surface area contributed by atoms with Crippen LogP contribution in [0.1, 0.15) is 50.4 Å². The van der Waals surface area contributed by atoms with Gasteiger partial charge < -0.3 is 10.5 Å². The average molecular weight is 296 g/mol. The summed E-state index contributed by atoms with van der Waals surface area (Å²) in [5.41, 5.74) is 6.79. The van der Waals surface area contributed by atoms with E-state index in [1.54, 1.807) is 18.2 Å². The highest BCUT2D eigenvalue weighted by molar-refractivity contribution is 6.31. The van der Waals surface area contributed by atoms with Gasteiger partial charge in [-0.25, -0.2) is 4.79 Å². The van der Waals surface area contributed by atoms with Gasteiger partial charge in [0.05, 0.1) is 5.56 Å². The summed E-state index contributed by atoms with van der Waals surface area (Å²) in [7, 11) is 0. The molecule has 1 aromatic rings. The Labute approximate surface area is 125 Å². The van der Waals surface area contributed by atoms with Gasteiger partial charge in [0.2, 0.25) is 0 Å². The molecule has 0 spiro atoms. The fourth-order valence-corrected chi connectivity index (χ4v) is 3.44. The minimum absolute atomic E-state index is 0.0420. The Morgan fingerprint density at radius 1 is 1.40 bits per heavy atom. The lowest BCUT2D eigenvalue weighted by Crippen LogP contribution is -2.34. The number of anilines is 1. The molecule has 0 bridgehead atoms. The van der Waals surface area contributed by atoms with Gasteiger partial charge in [0.25, 0.3) is 0 Å². The molecule has 0 aliphatic heterocycles. The predicted molar refractivity (Wildman–Crippen MR) is 81.9 cm³/mol. The molecule has 110 valence electrons. The van der Waals surface area contributed by atoms with Crippen molar-refractivity contribution in [2.75, 3.05) is 5.73 Å². The fraction of sp³-hybridized carbons (Fsp3) is 0.562. The van der Waals surface area contributed by atoms with E-state index in [-0.39, 0.29) is 17.5 Å². The van der Waals surface area contributed by atoms with E-state index in [1.165, 1.54) is 6.42 Å². The largest absolute Gasteiger partial charge is 0.459 e. The van der Waals surface area contributed by atoms with Gasteiger partial charge in [0.1, 0.15) is 6.10 Å². The minimum atomic E-state index is -0.375. The molecule has 0 amide bonds. The van der Waals surface area contributed by atoms with E-state index < -0.39 is 0 Å². The molecule has 0 heterocycles. The van der Waals surface area contributed by atoms with Crippen molar-refractivity contribution in [3.05, 3.63) is 28.8 Å². The molecule has 4 heteroatoms. The quantitative estimate of drug-likeness (QED) is 0.654. The number of rotatable bonds is 2. The molecule has 2 unspecified atom stereocenters. The van der Waals surface area contributed by atoms with Crippen LogP contribution in [0.5, 0.6) is 0 Å². The van der Waals surface area contributed by atoms with E-state index in [9.17, 15) is 4.79 Å². The van der Waals surface area contributed by atoms with E-state index in [1.807, 2.05) is 0 Å². The predicted octanol–water partition coefficient (Wildman–Crippen LogP) is 4.29. The van der Waals surface area contributed by atoms with Crippen LogP contribution < -0.4 is 5.73 Å². The first-order valence-corrected chi connectivity index (χ1v) is 7.41. The first kappa shape index (κ1) is 15.2. The van der Waals surface area contributed by atoms with Crippen molar-refractivity contribution < 1.29 is 9.53 Å². The standard InChI is InChI=1S/C16H22ClNO2/c1-10-6-12(9-16(2,3)8-10)20-15(19)13-7-11(17)4-5-14(13)18/h4-5,7,10,12H,6,8-9,18H2,1-3H3. The zero-order valence-electron chi connectivity index (χ0n) is 12.3. The van der Waals surface area contributed by atoms with Crippen LogP contribution in [0.25, 0.3) is 0 Å². The zero-order chi connectivity index (χ0) is 14.9. The second-order valence-corrected chi connectivity index (χ2v) is 7.11. The summed E-state index contributed by atoms with van der Waals surface area (Å²) in [5.74, 6) is 0.188. The Hall–Kier alpha value is -1.22. The molecule has 1 fully saturated rings. The average Bonchev–Trinajstić information content (AvgIpc) is 2.29. The smallest absolute Gasteiger partial charge is 0.340 e. The number of carbonyl (C=O) groups excluding carboxylic acids is 1. The summed E-state index contributed by atoms with van der Waals surface area (Å²) in [6.45, 7) is 6.64. The maximum absolute atomic E-state index is 12.2. The van der Waals surface area contributed by atoms with Crippen molar-refractivity contribution in [3.63, 3.8) is 0 Å². The van der Waals surface area contributed by atoms with Crippen LogP contribution in [0.4, 0.5) is 5.69 Å². The number of nitrogens with two attached hydrogens (primary N) is 1. The Kier molecular flexibility index (Phi) is 4.28. The van der Waals surface area contributed by atoms with E-state index in [0.29, 0.717) is 22.2 Å². The molecule has 1 aliphatic rings. The maximum Gasteiger partial charge on any atom is 0.340 e. The van der Waals surface area contributed by atoms with Crippen LogP contribution in [-0.2, 0) is 4.74 Å². The number of halogens is 1. The summed E-state index contributed by atoms with van der Waals surface area (Å²) < 4.78 is 5.64. The molecule has 3 nitrogen and oxygen atoms in total. The van der Waals surface area contributed by atoms with E-state index >= 15 is 0 Å². The SMILES string of the molecule is CC1CC(OC(=O)c2cc(Cl)ccc2N)CC(C)(C)C1. The van der Waals surface area contributed by atoms with Crippen LogP contribution in [0, 0.1) is 11.3 Å². The monoisotopic (exact) mass is 295 g/mol. The molecule has 1 aliphatic carbocycles. The van der Waals surface area contributed by atoms with Crippen LogP contribution in [-0.4, -0.2) is 12.1 Å². The van der Waals surface area contributed by atoms with Crippen LogP contribution in [0.3, 0.4) is 0 Å². The lowest BCUT2D eigenvalue weighted by molar-refractivity contribution is -0.00704. The summed E-state index contributed by atoms with van der Waals surface area (Å²) in [4.78, 5) is 12.2. The van der Waals surface area contributed by atoms with E-state index in [0.717, 1.165) is 12.8 Å². The topological polar surface area (TPSA) is 52.3 Å². The molecule has 2 atom stereocenters. The van der Waals surface area contributed by atoms with E-state index in [4.69, 9.17) is 22.1 Å². The van der Waals surface area contributed by atoms with Gasteiger partial charge in [-0.3, -0.25) is 0 Å². The minimum Gasteiger partial charge on any atom is -0.459 e. The molecule has 0 radical (unpaired) electrons. The highest BCUT2D eigenvalue weighted by Crippen LogP contribution is 2.40. The molecule has 0 saturated heterocycles. The number of nitrogen functional groups attached to an aromatic ring is 1. The summed E-state index contributed by atoms with van der Waals surface area (Å²) in [6, 6.07) is 4.86. The number of carbonyl (C=O) groups is 1. The van der Waals surface area contributed by atoms with Gasteiger partial charge in [-0.05, 0) is 48.8 Å². The number of benzene rings is 1.